The minimum atomic E-state index is -0.976. The van der Waals surface area contributed by atoms with E-state index in [-0.39, 0.29) is 17.6 Å². The number of aliphatic hydroxyl groups excluding tert-OH is 1. The summed E-state index contributed by atoms with van der Waals surface area (Å²) in [4.78, 5) is 13.2. The lowest BCUT2D eigenvalue weighted by atomic mass is 9.95. The van der Waals surface area contributed by atoms with Crippen molar-refractivity contribution in [3.05, 3.63) is 23.8 Å². The molecule has 0 bridgehead atoms. The van der Waals surface area contributed by atoms with E-state index in [2.05, 4.69) is 0 Å². The average Bonchev–Trinajstić information content (AvgIpc) is 2.32. The highest BCUT2D eigenvalue weighted by molar-refractivity contribution is 5.98. The summed E-state index contributed by atoms with van der Waals surface area (Å²) in [5.74, 6) is -0.865. The Kier molecular flexibility index (Phi) is 3.43. The van der Waals surface area contributed by atoms with Gasteiger partial charge in [0.2, 0.25) is 0 Å². The van der Waals surface area contributed by atoms with Gasteiger partial charge in [-0.2, -0.15) is 0 Å². The van der Waals surface area contributed by atoms with Gasteiger partial charge >= 0.3 is 5.97 Å². The van der Waals surface area contributed by atoms with Gasteiger partial charge in [0.05, 0.1) is 23.0 Å². The zero-order chi connectivity index (χ0) is 13.3. The van der Waals surface area contributed by atoms with Crippen molar-refractivity contribution in [3.63, 3.8) is 0 Å². The van der Waals surface area contributed by atoms with Gasteiger partial charge in [-0.05, 0) is 24.5 Å². The molecule has 4 N–H and O–H groups in total. The molecule has 0 aliphatic carbocycles. The van der Waals surface area contributed by atoms with E-state index in [1.807, 2.05) is 11.8 Å². The molecule has 98 valence electrons. The fourth-order valence-electron chi connectivity index (χ4n) is 2.42. The van der Waals surface area contributed by atoms with Crippen molar-refractivity contribution in [1.82, 2.24) is 0 Å². The van der Waals surface area contributed by atoms with Gasteiger partial charge in [0, 0.05) is 13.1 Å². The molecular weight excluding hydrogens is 232 g/mol. The lowest BCUT2D eigenvalue weighted by Crippen LogP contribution is -2.42. The number of nitrogen functional groups attached to an aromatic ring is 1. The normalized spacial score (nSPS) is 24.0. The third-order valence-corrected chi connectivity index (χ3v) is 3.47. The molecule has 1 heterocycles. The van der Waals surface area contributed by atoms with E-state index >= 15 is 0 Å². The van der Waals surface area contributed by atoms with Crippen LogP contribution in [0.2, 0.25) is 0 Å². The smallest absolute Gasteiger partial charge is 0.337 e. The van der Waals surface area contributed by atoms with Crippen molar-refractivity contribution in [1.29, 1.82) is 0 Å². The molecule has 1 aliphatic heterocycles. The molecule has 1 saturated heterocycles. The first-order valence-electron chi connectivity index (χ1n) is 6.05. The highest BCUT2D eigenvalue weighted by Crippen LogP contribution is 2.31. The van der Waals surface area contributed by atoms with Crippen LogP contribution in [0, 0.1) is 5.92 Å². The number of aromatic carboxylic acids is 1. The summed E-state index contributed by atoms with van der Waals surface area (Å²) in [6.07, 6.45) is 0.314. The maximum atomic E-state index is 11.2. The molecule has 0 aromatic heterocycles. The fraction of sp³-hybridized carbons (Fsp3) is 0.462. The minimum absolute atomic E-state index is 0.111. The van der Waals surface area contributed by atoms with E-state index < -0.39 is 5.97 Å². The number of piperidine rings is 1. The Morgan fingerprint density at radius 2 is 2.22 bits per heavy atom. The maximum Gasteiger partial charge on any atom is 0.337 e. The number of nitrogens with zero attached hydrogens (tertiary/aromatic N) is 1. The summed E-state index contributed by atoms with van der Waals surface area (Å²) in [5.41, 5.74) is 7.17. The number of carboxylic acids is 1. The summed E-state index contributed by atoms with van der Waals surface area (Å²) in [7, 11) is 0. The zero-order valence-corrected chi connectivity index (χ0v) is 10.3. The van der Waals surface area contributed by atoms with E-state index in [1.165, 1.54) is 0 Å². The Balaban J connectivity index is 2.36. The molecule has 0 saturated carbocycles. The highest BCUT2D eigenvalue weighted by Gasteiger charge is 2.27. The molecule has 5 heteroatoms. The van der Waals surface area contributed by atoms with Gasteiger partial charge in [-0.15, -0.1) is 0 Å². The molecule has 1 aromatic rings. The first-order valence-corrected chi connectivity index (χ1v) is 6.05. The Hall–Kier alpha value is -1.75. The van der Waals surface area contributed by atoms with Crippen molar-refractivity contribution in [2.24, 2.45) is 5.92 Å². The van der Waals surface area contributed by atoms with Gasteiger partial charge < -0.3 is 20.8 Å². The lowest BCUT2D eigenvalue weighted by Gasteiger charge is -2.37. The van der Waals surface area contributed by atoms with Crippen molar-refractivity contribution in [2.75, 3.05) is 23.7 Å². The van der Waals surface area contributed by atoms with E-state index in [0.717, 1.165) is 0 Å². The summed E-state index contributed by atoms with van der Waals surface area (Å²) in [5, 5.41) is 18.9. The van der Waals surface area contributed by atoms with E-state index in [1.54, 1.807) is 18.2 Å². The van der Waals surface area contributed by atoms with Crippen LogP contribution in [0.15, 0.2) is 18.2 Å². The van der Waals surface area contributed by atoms with Crippen LogP contribution in [0.5, 0.6) is 0 Å². The quantitative estimate of drug-likeness (QED) is 0.686. The molecule has 18 heavy (non-hydrogen) atoms. The summed E-state index contributed by atoms with van der Waals surface area (Å²) >= 11 is 0. The fourth-order valence-corrected chi connectivity index (χ4v) is 2.42. The molecule has 1 aromatic carbocycles. The number of hydrogen-bond donors (Lipinski definition) is 3. The van der Waals surface area contributed by atoms with Gasteiger partial charge in [0.15, 0.2) is 0 Å². The Labute approximate surface area is 106 Å². The van der Waals surface area contributed by atoms with E-state index in [0.29, 0.717) is 30.9 Å². The van der Waals surface area contributed by atoms with Gasteiger partial charge in [-0.25, -0.2) is 4.79 Å². The highest BCUT2D eigenvalue weighted by atomic mass is 16.4. The Morgan fingerprint density at radius 3 is 2.83 bits per heavy atom. The number of rotatable bonds is 2. The van der Waals surface area contributed by atoms with Gasteiger partial charge in [-0.3, -0.25) is 0 Å². The zero-order valence-electron chi connectivity index (χ0n) is 10.3. The number of para-hydroxylation sites is 1. The van der Waals surface area contributed by atoms with Gasteiger partial charge in [-0.1, -0.05) is 13.0 Å². The molecule has 1 aliphatic rings. The van der Waals surface area contributed by atoms with Crippen LogP contribution in [0.25, 0.3) is 0 Å². The van der Waals surface area contributed by atoms with Crippen LogP contribution in [0.1, 0.15) is 23.7 Å². The molecule has 5 nitrogen and oxygen atoms in total. The van der Waals surface area contributed by atoms with Gasteiger partial charge in [0.25, 0.3) is 0 Å². The number of benzene rings is 1. The predicted molar refractivity (Wildman–Crippen MR) is 69.8 cm³/mol. The predicted octanol–water partition coefficient (Wildman–Crippen LogP) is 1.17. The summed E-state index contributed by atoms with van der Waals surface area (Å²) in [6, 6.07) is 4.91. The second-order valence-corrected chi connectivity index (χ2v) is 4.83. The maximum absolute atomic E-state index is 11.2. The third kappa shape index (κ3) is 2.26. The SMILES string of the molecule is CC1CN(c2c(N)cccc2C(=O)O)CCC1O. The van der Waals surface area contributed by atoms with Crippen molar-refractivity contribution in [3.8, 4) is 0 Å². The largest absolute Gasteiger partial charge is 0.478 e. The minimum Gasteiger partial charge on any atom is -0.478 e. The van der Waals surface area contributed by atoms with Crippen molar-refractivity contribution >= 4 is 17.3 Å². The molecule has 1 fully saturated rings. The van der Waals surface area contributed by atoms with Crippen LogP contribution in [-0.2, 0) is 0 Å². The molecule has 0 amide bonds. The molecule has 0 spiro atoms. The third-order valence-electron chi connectivity index (χ3n) is 3.47. The number of aliphatic hydroxyl groups is 1. The topological polar surface area (TPSA) is 86.8 Å². The van der Waals surface area contributed by atoms with Gasteiger partial charge in [0.1, 0.15) is 0 Å². The van der Waals surface area contributed by atoms with Crippen LogP contribution in [0.4, 0.5) is 11.4 Å². The lowest BCUT2D eigenvalue weighted by molar-refractivity contribution is 0.0697. The standard InChI is InChI=1S/C13H18N2O3/c1-8-7-15(6-5-11(8)16)12-9(13(17)18)3-2-4-10(12)14/h2-4,8,11,16H,5-7,14H2,1H3,(H,17,18). The number of anilines is 2. The van der Waals surface area contributed by atoms with Crippen molar-refractivity contribution in [2.45, 2.75) is 19.4 Å². The molecular formula is C13H18N2O3. The number of carboxylic acid groups (broad SMARTS) is 1. The summed E-state index contributed by atoms with van der Waals surface area (Å²) < 4.78 is 0. The van der Waals surface area contributed by atoms with Crippen molar-refractivity contribution < 1.29 is 15.0 Å². The molecule has 2 unspecified atom stereocenters. The Morgan fingerprint density at radius 1 is 1.50 bits per heavy atom. The van der Waals surface area contributed by atoms with Crippen LogP contribution >= 0.6 is 0 Å². The summed E-state index contributed by atoms with van der Waals surface area (Å²) in [6.45, 7) is 3.20. The van der Waals surface area contributed by atoms with Crippen LogP contribution in [0.3, 0.4) is 0 Å². The Bertz CT molecular complexity index is 462. The second kappa shape index (κ2) is 4.86. The van der Waals surface area contributed by atoms with E-state index in [9.17, 15) is 15.0 Å². The van der Waals surface area contributed by atoms with E-state index in [4.69, 9.17) is 5.73 Å². The number of nitrogens with two attached hydrogens (primary N) is 1. The monoisotopic (exact) mass is 250 g/mol. The molecule has 0 radical (unpaired) electrons. The molecule has 2 rings (SSSR count). The number of carbonyl (C=O) groups is 1. The first-order chi connectivity index (χ1) is 8.50. The van der Waals surface area contributed by atoms with Crippen LogP contribution in [-0.4, -0.2) is 35.4 Å². The number of hydrogen-bond acceptors (Lipinski definition) is 4. The first kappa shape index (κ1) is 12.7. The second-order valence-electron chi connectivity index (χ2n) is 4.83. The average molecular weight is 250 g/mol. The molecule has 2 atom stereocenters. The van der Waals surface area contributed by atoms with Crippen LogP contribution < -0.4 is 10.6 Å².